The van der Waals surface area contributed by atoms with E-state index >= 15 is 0 Å². The van der Waals surface area contributed by atoms with Gasteiger partial charge in [0.15, 0.2) is 0 Å². The Bertz CT molecular complexity index is 1230. The Labute approximate surface area is 231 Å². The van der Waals surface area contributed by atoms with Gasteiger partial charge >= 0.3 is 17.9 Å². The zero-order chi connectivity index (χ0) is 30.0. The number of hydrogen-bond donors (Lipinski definition) is 6. The molecule has 0 atom stereocenters. The lowest BCUT2D eigenvalue weighted by Gasteiger charge is -2.43. The summed E-state index contributed by atoms with van der Waals surface area (Å²) in [6.45, 7) is 1.90. The Morgan fingerprint density at radius 3 is 1.62 bits per heavy atom. The van der Waals surface area contributed by atoms with Gasteiger partial charge in [0, 0.05) is 41.1 Å². The van der Waals surface area contributed by atoms with Crippen molar-refractivity contribution in [2.45, 2.75) is 25.7 Å². The fraction of sp³-hybridized carbons (Fsp3) is 0.300. The third kappa shape index (κ3) is 7.66. The molecule has 2 rings (SSSR count). The molecule has 40 heavy (non-hydrogen) atoms. The molecule has 0 bridgehead atoms. The first kappa shape index (κ1) is 32.0. The van der Waals surface area contributed by atoms with E-state index < -0.39 is 54.0 Å². The first-order valence-corrected chi connectivity index (χ1v) is 12.3. The predicted molar refractivity (Wildman–Crippen MR) is 146 cm³/mol. The molecule has 0 aliphatic carbocycles. The summed E-state index contributed by atoms with van der Waals surface area (Å²) in [5.74, 6) is -3.33. The van der Waals surface area contributed by atoms with Crippen LogP contribution in [0.4, 0.5) is 0 Å². The molecule has 0 spiro atoms. The molecule has 6 N–H and O–H groups in total. The second-order valence-electron chi connectivity index (χ2n) is 9.80. The maximum Gasteiger partial charge on any atom is 0.335 e. The number of carboxylic acid groups (broad SMARTS) is 2. The Morgan fingerprint density at radius 2 is 1.20 bits per heavy atom. The van der Waals surface area contributed by atoms with E-state index in [1.807, 2.05) is 26.0 Å². The maximum atomic E-state index is 12.7. The summed E-state index contributed by atoms with van der Waals surface area (Å²) < 4.78 is 5.38. The molecule has 10 heteroatoms. The van der Waals surface area contributed by atoms with Crippen LogP contribution in [-0.4, -0.2) is 68.4 Å². The standard InChI is InChI=1S/C30H34O10/c1-28(2,21-3-7-23(34)8-4-21)22-5-9-24(10-6-22)40-27(39)13-16-29(14-11-25(35)36,15-12-26(37)38)30(19-32,20-33)17-18-31/h3-16,31-34H,17-20H2,1-2H3,(H,35,36)(H,37,38). The number of aliphatic hydroxyl groups is 3. The van der Waals surface area contributed by atoms with Gasteiger partial charge in [-0.05, 0) is 41.8 Å². The molecule has 0 amide bonds. The minimum absolute atomic E-state index is 0.155. The van der Waals surface area contributed by atoms with Crippen LogP contribution in [0.25, 0.3) is 0 Å². The quantitative estimate of drug-likeness (QED) is 0.115. The number of esters is 1. The number of phenolic OH excluding ortho intramolecular Hbond substituents is 1. The van der Waals surface area contributed by atoms with Gasteiger partial charge in [0.1, 0.15) is 11.5 Å². The monoisotopic (exact) mass is 554 g/mol. The van der Waals surface area contributed by atoms with Crippen molar-refractivity contribution in [2.24, 2.45) is 10.8 Å². The van der Waals surface area contributed by atoms with Gasteiger partial charge in [0.05, 0.1) is 13.2 Å². The van der Waals surface area contributed by atoms with Crippen LogP contribution in [0, 0.1) is 10.8 Å². The highest BCUT2D eigenvalue weighted by atomic mass is 16.5. The van der Waals surface area contributed by atoms with E-state index in [2.05, 4.69) is 0 Å². The highest BCUT2D eigenvalue weighted by molar-refractivity contribution is 5.85. The van der Waals surface area contributed by atoms with Crippen LogP contribution in [0.3, 0.4) is 0 Å². The van der Waals surface area contributed by atoms with Crippen molar-refractivity contribution in [1.29, 1.82) is 0 Å². The van der Waals surface area contributed by atoms with Crippen LogP contribution in [-0.2, 0) is 19.8 Å². The number of allylic oxidation sites excluding steroid dienone is 3. The van der Waals surface area contributed by atoms with E-state index in [4.69, 9.17) is 4.74 Å². The first-order chi connectivity index (χ1) is 18.8. The second-order valence-corrected chi connectivity index (χ2v) is 9.80. The van der Waals surface area contributed by atoms with Crippen molar-refractivity contribution < 1.29 is 49.8 Å². The number of carboxylic acids is 2. The molecule has 0 aromatic heterocycles. The molecular formula is C30H34O10. The van der Waals surface area contributed by atoms with E-state index in [0.29, 0.717) is 12.2 Å². The number of phenols is 1. The van der Waals surface area contributed by atoms with Gasteiger partial charge in [-0.25, -0.2) is 14.4 Å². The van der Waals surface area contributed by atoms with Gasteiger partial charge in [-0.1, -0.05) is 56.3 Å². The number of carbonyl (C=O) groups is 3. The van der Waals surface area contributed by atoms with Crippen LogP contribution in [0.15, 0.2) is 85.0 Å². The van der Waals surface area contributed by atoms with Crippen molar-refractivity contribution in [3.63, 3.8) is 0 Å². The summed E-state index contributed by atoms with van der Waals surface area (Å²) in [7, 11) is 0. The molecule has 0 unspecified atom stereocenters. The third-order valence-corrected chi connectivity index (χ3v) is 7.00. The number of ether oxygens (including phenoxy) is 1. The summed E-state index contributed by atoms with van der Waals surface area (Å²) in [5.41, 5.74) is -2.04. The zero-order valence-corrected chi connectivity index (χ0v) is 22.2. The van der Waals surface area contributed by atoms with Crippen molar-refractivity contribution in [3.8, 4) is 11.5 Å². The number of aromatic hydroxyl groups is 1. The van der Waals surface area contributed by atoms with Crippen molar-refractivity contribution >= 4 is 17.9 Å². The number of benzene rings is 2. The van der Waals surface area contributed by atoms with E-state index in [-0.39, 0.29) is 17.9 Å². The van der Waals surface area contributed by atoms with Crippen LogP contribution >= 0.6 is 0 Å². The van der Waals surface area contributed by atoms with Gasteiger partial charge in [-0.3, -0.25) is 0 Å². The molecule has 10 nitrogen and oxygen atoms in total. The van der Waals surface area contributed by atoms with Crippen LogP contribution in [0.5, 0.6) is 11.5 Å². The van der Waals surface area contributed by atoms with E-state index in [1.54, 1.807) is 36.4 Å². The molecule has 0 saturated heterocycles. The van der Waals surface area contributed by atoms with Crippen LogP contribution in [0.1, 0.15) is 31.4 Å². The highest BCUT2D eigenvalue weighted by Gasteiger charge is 2.46. The van der Waals surface area contributed by atoms with E-state index in [9.17, 15) is 45.0 Å². The normalized spacial score (nSPS) is 14.0. The number of rotatable bonds is 14. The molecule has 0 saturated carbocycles. The van der Waals surface area contributed by atoms with Gasteiger partial charge in [0.25, 0.3) is 0 Å². The molecule has 214 valence electrons. The van der Waals surface area contributed by atoms with Crippen LogP contribution < -0.4 is 4.74 Å². The topological polar surface area (TPSA) is 182 Å². The predicted octanol–water partition coefficient (Wildman–Crippen LogP) is 2.80. The lowest BCUT2D eigenvalue weighted by atomic mass is 9.61. The van der Waals surface area contributed by atoms with Crippen LogP contribution in [0.2, 0.25) is 0 Å². The molecule has 0 fully saturated rings. The Morgan fingerprint density at radius 1 is 0.750 bits per heavy atom. The van der Waals surface area contributed by atoms with Gasteiger partial charge in [-0.15, -0.1) is 0 Å². The van der Waals surface area contributed by atoms with Gasteiger partial charge in [-0.2, -0.15) is 0 Å². The van der Waals surface area contributed by atoms with Crippen molar-refractivity contribution in [3.05, 3.63) is 96.1 Å². The number of carbonyl (C=O) groups excluding carboxylic acids is 1. The Balaban J connectivity index is 2.41. The lowest BCUT2D eigenvalue weighted by Crippen LogP contribution is -2.45. The maximum absolute atomic E-state index is 12.7. The molecule has 0 aliphatic rings. The second kappa shape index (κ2) is 13.7. The summed E-state index contributed by atoms with van der Waals surface area (Å²) >= 11 is 0. The first-order valence-electron chi connectivity index (χ1n) is 12.3. The fourth-order valence-electron chi connectivity index (χ4n) is 4.37. The summed E-state index contributed by atoms with van der Waals surface area (Å²) in [5, 5.41) is 57.9. The average molecular weight is 555 g/mol. The molecule has 0 aliphatic heterocycles. The molecule has 0 heterocycles. The number of aliphatic carboxylic acids is 2. The molecular weight excluding hydrogens is 520 g/mol. The zero-order valence-electron chi connectivity index (χ0n) is 22.2. The molecule has 2 aromatic carbocycles. The van der Waals surface area contributed by atoms with Crippen molar-refractivity contribution in [2.75, 3.05) is 19.8 Å². The minimum atomic E-state index is -1.81. The SMILES string of the molecule is CC(C)(c1ccc(O)cc1)c1ccc(OC(=O)C=CC(C=CC(=O)O)(C=CC(=O)O)C(CO)(CO)CCO)cc1. The van der Waals surface area contributed by atoms with Crippen molar-refractivity contribution in [1.82, 2.24) is 0 Å². The molecule has 2 aromatic rings. The number of hydrogen-bond acceptors (Lipinski definition) is 8. The lowest BCUT2D eigenvalue weighted by molar-refractivity contribution is -0.132. The Hall–Kier alpha value is -4.25. The third-order valence-electron chi connectivity index (χ3n) is 7.00. The Kier molecular flexibility index (Phi) is 10.9. The average Bonchev–Trinajstić information content (AvgIpc) is 2.92. The highest BCUT2D eigenvalue weighted by Crippen LogP contribution is 2.46. The fourth-order valence-corrected chi connectivity index (χ4v) is 4.37. The van der Waals surface area contributed by atoms with E-state index in [0.717, 1.165) is 35.4 Å². The van der Waals surface area contributed by atoms with Gasteiger partial charge in [0.2, 0.25) is 0 Å². The van der Waals surface area contributed by atoms with E-state index in [1.165, 1.54) is 0 Å². The van der Waals surface area contributed by atoms with Gasteiger partial charge < -0.3 is 35.4 Å². The smallest absolute Gasteiger partial charge is 0.335 e. The number of aliphatic hydroxyl groups excluding tert-OH is 3. The summed E-state index contributed by atoms with van der Waals surface area (Å²) in [6, 6.07) is 13.5. The largest absolute Gasteiger partial charge is 0.508 e. The molecule has 0 radical (unpaired) electrons. The summed E-state index contributed by atoms with van der Waals surface area (Å²) in [4.78, 5) is 35.3. The summed E-state index contributed by atoms with van der Waals surface area (Å²) in [6.07, 6.45) is 5.23. The minimum Gasteiger partial charge on any atom is -0.508 e.